The fourth-order valence-electron chi connectivity index (χ4n) is 1.31. The Bertz CT molecular complexity index is 351. The standard InChI is InChI=1S/C10H13BF3N2/c1-9(11(12,13)14)7-16(2)8-10-4-3-5-15-6-10/h3-6H,1,7-8H2,2H3/q-1. The topological polar surface area (TPSA) is 16.1 Å². The maximum atomic E-state index is 12.3. The zero-order valence-corrected chi connectivity index (χ0v) is 9.04. The van der Waals surface area contributed by atoms with Crippen molar-refractivity contribution in [1.82, 2.24) is 9.88 Å². The van der Waals surface area contributed by atoms with E-state index in [0.29, 0.717) is 6.54 Å². The van der Waals surface area contributed by atoms with Gasteiger partial charge in [-0.3, -0.25) is 4.98 Å². The van der Waals surface area contributed by atoms with Crippen molar-refractivity contribution in [1.29, 1.82) is 0 Å². The van der Waals surface area contributed by atoms with Gasteiger partial charge < -0.3 is 17.8 Å². The van der Waals surface area contributed by atoms with Gasteiger partial charge in [0.25, 0.3) is 0 Å². The summed E-state index contributed by atoms with van der Waals surface area (Å²) in [6, 6.07) is 3.58. The predicted molar refractivity (Wildman–Crippen MR) is 58.8 cm³/mol. The van der Waals surface area contributed by atoms with Crippen LogP contribution in [0, 0.1) is 0 Å². The van der Waals surface area contributed by atoms with Gasteiger partial charge in [-0.05, 0) is 25.2 Å². The summed E-state index contributed by atoms with van der Waals surface area (Å²) in [6.45, 7) is -1.62. The van der Waals surface area contributed by atoms with Gasteiger partial charge in [0, 0.05) is 18.9 Å². The van der Waals surface area contributed by atoms with E-state index in [-0.39, 0.29) is 6.54 Å². The zero-order chi connectivity index (χ0) is 12.2. The molecule has 16 heavy (non-hydrogen) atoms. The molecule has 0 atom stereocenters. The quantitative estimate of drug-likeness (QED) is 0.721. The summed E-state index contributed by atoms with van der Waals surface area (Å²) >= 11 is 0. The minimum Gasteiger partial charge on any atom is -0.445 e. The Morgan fingerprint density at radius 3 is 2.69 bits per heavy atom. The van der Waals surface area contributed by atoms with Crippen molar-refractivity contribution < 1.29 is 12.9 Å². The number of halogens is 3. The summed E-state index contributed by atoms with van der Waals surface area (Å²) < 4.78 is 36.8. The van der Waals surface area contributed by atoms with Gasteiger partial charge in [0.1, 0.15) is 0 Å². The van der Waals surface area contributed by atoms with Crippen LogP contribution in [-0.2, 0) is 6.54 Å². The monoisotopic (exact) mass is 229 g/mol. The number of aromatic nitrogens is 1. The molecule has 0 aliphatic rings. The van der Waals surface area contributed by atoms with E-state index < -0.39 is 12.4 Å². The second kappa shape index (κ2) is 5.16. The first kappa shape index (κ1) is 12.8. The second-order valence-electron chi connectivity index (χ2n) is 3.77. The van der Waals surface area contributed by atoms with E-state index in [1.165, 1.54) is 0 Å². The van der Waals surface area contributed by atoms with Crippen LogP contribution in [-0.4, -0.2) is 30.5 Å². The molecule has 0 fully saturated rings. The van der Waals surface area contributed by atoms with Crippen molar-refractivity contribution in [2.24, 2.45) is 0 Å². The molecule has 0 saturated carbocycles. The van der Waals surface area contributed by atoms with Crippen LogP contribution in [0.2, 0.25) is 0 Å². The number of pyridine rings is 1. The SMILES string of the molecule is C=C(CN(C)Cc1cccnc1)[B-](F)(F)F. The molecule has 0 saturated heterocycles. The lowest BCUT2D eigenvalue weighted by Crippen LogP contribution is -2.29. The van der Waals surface area contributed by atoms with E-state index in [9.17, 15) is 12.9 Å². The van der Waals surface area contributed by atoms with Crippen LogP contribution >= 0.6 is 0 Å². The number of likely N-dealkylation sites (N-methyl/N-ethyl adjacent to an activating group) is 1. The number of rotatable bonds is 5. The normalized spacial score (nSPS) is 11.8. The van der Waals surface area contributed by atoms with Crippen molar-refractivity contribution in [3.8, 4) is 0 Å². The van der Waals surface area contributed by atoms with Crippen molar-refractivity contribution in [2.45, 2.75) is 6.54 Å². The smallest absolute Gasteiger partial charge is 0.445 e. The van der Waals surface area contributed by atoms with E-state index >= 15 is 0 Å². The molecule has 0 N–H and O–H groups in total. The van der Waals surface area contributed by atoms with Crippen LogP contribution in [0.5, 0.6) is 0 Å². The summed E-state index contributed by atoms with van der Waals surface area (Å²) in [7, 11) is 1.62. The van der Waals surface area contributed by atoms with E-state index in [1.54, 1.807) is 30.4 Å². The maximum Gasteiger partial charge on any atom is 0.506 e. The molecule has 0 aromatic carbocycles. The molecule has 0 aliphatic carbocycles. The lowest BCUT2D eigenvalue weighted by atomic mass is 9.80. The van der Waals surface area contributed by atoms with Gasteiger partial charge in [-0.15, -0.1) is 12.1 Å². The molecule has 0 aliphatic heterocycles. The van der Waals surface area contributed by atoms with E-state index in [0.717, 1.165) is 5.56 Å². The van der Waals surface area contributed by atoms with Gasteiger partial charge in [-0.25, -0.2) is 0 Å². The van der Waals surface area contributed by atoms with Gasteiger partial charge in [-0.2, -0.15) is 0 Å². The highest BCUT2D eigenvalue weighted by atomic mass is 19.4. The molecular weight excluding hydrogens is 216 g/mol. The lowest BCUT2D eigenvalue weighted by Gasteiger charge is -2.24. The molecule has 0 bridgehead atoms. The molecule has 1 aromatic heterocycles. The average molecular weight is 229 g/mol. The van der Waals surface area contributed by atoms with Crippen molar-refractivity contribution in [3.05, 3.63) is 42.1 Å². The molecule has 0 unspecified atom stereocenters. The molecule has 0 radical (unpaired) electrons. The Morgan fingerprint density at radius 2 is 2.19 bits per heavy atom. The summed E-state index contributed by atoms with van der Waals surface area (Å²) in [5, 5.41) is 0. The highest BCUT2D eigenvalue weighted by molar-refractivity contribution is 6.66. The van der Waals surface area contributed by atoms with Crippen LogP contribution in [0.25, 0.3) is 0 Å². The first-order chi connectivity index (χ1) is 7.39. The predicted octanol–water partition coefficient (Wildman–Crippen LogP) is 2.46. The Kier molecular flexibility index (Phi) is 4.12. The number of hydrogen-bond donors (Lipinski definition) is 0. The number of hydrogen-bond acceptors (Lipinski definition) is 2. The minimum atomic E-state index is -4.94. The second-order valence-corrected chi connectivity index (χ2v) is 3.77. The van der Waals surface area contributed by atoms with Gasteiger partial charge in [0.15, 0.2) is 0 Å². The van der Waals surface area contributed by atoms with E-state index in [2.05, 4.69) is 11.6 Å². The fraction of sp³-hybridized carbons (Fsp3) is 0.300. The Hall–Kier alpha value is -1.30. The van der Waals surface area contributed by atoms with Gasteiger partial charge in [0.2, 0.25) is 0 Å². The fourth-order valence-corrected chi connectivity index (χ4v) is 1.31. The van der Waals surface area contributed by atoms with Crippen LogP contribution in [0.1, 0.15) is 5.56 Å². The molecular formula is C10H13BF3N2-. The number of nitrogens with zero attached hydrogens (tertiary/aromatic N) is 2. The highest BCUT2D eigenvalue weighted by Gasteiger charge is 2.27. The summed E-state index contributed by atoms with van der Waals surface area (Å²) in [6.07, 6.45) is 3.26. The molecule has 88 valence electrons. The molecule has 6 heteroatoms. The first-order valence-corrected chi connectivity index (χ1v) is 4.84. The lowest BCUT2D eigenvalue weighted by molar-refractivity contribution is 0.350. The zero-order valence-electron chi connectivity index (χ0n) is 9.04. The van der Waals surface area contributed by atoms with Gasteiger partial charge >= 0.3 is 6.98 Å². The summed E-state index contributed by atoms with van der Waals surface area (Å²) in [5.74, 6) is 0. The molecule has 0 spiro atoms. The third kappa shape index (κ3) is 4.06. The van der Waals surface area contributed by atoms with E-state index in [1.807, 2.05) is 6.07 Å². The summed E-state index contributed by atoms with van der Waals surface area (Å²) in [4.78, 5) is 5.46. The third-order valence-electron chi connectivity index (χ3n) is 2.11. The Morgan fingerprint density at radius 1 is 1.50 bits per heavy atom. The van der Waals surface area contributed by atoms with Crippen LogP contribution in [0.15, 0.2) is 36.6 Å². The van der Waals surface area contributed by atoms with Crippen LogP contribution in [0.3, 0.4) is 0 Å². The van der Waals surface area contributed by atoms with E-state index in [4.69, 9.17) is 0 Å². The summed E-state index contributed by atoms with van der Waals surface area (Å²) in [5.41, 5.74) is 0.207. The molecule has 1 rings (SSSR count). The molecule has 1 aromatic rings. The highest BCUT2D eigenvalue weighted by Crippen LogP contribution is 2.19. The molecule has 1 heterocycles. The largest absolute Gasteiger partial charge is 0.506 e. The van der Waals surface area contributed by atoms with Crippen LogP contribution < -0.4 is 0 Å². The third-order valence-corrected chi connectivity index (χ3v) is 2.11. The van der Waals surface area contributed by atoms with Gasteiger partial charge in [-0.1, -0.05) is 6.07 Å². The Balaban J connectivity index is 2.49. The first-order valence-electron chi connectivity index (χ1n) is 4.84. The average Bonchev–Trinajstić information content (AvgIpc) is 2.17. The Labute approximate surface area is 92.8 Å². The molecule has 2 nitrogen and oxygen atoms in total. The maximum absolute atomic E-state index is 12.3. The van der Waals surface area contributed by atoms with Crippen molar-refractivity contribution >= 4 is 6.98 Å². The van der Waals surface area contributed by atoms with Gasteiger partial charge in [0.05, 0.1) is 0 Å². The van der Waals surface area contributed by atoms with Crippen molar-refractivity contribution in [2.75, 3.05) is 13.6 Å². The molecule has 0 amide bonds. The van der Waals surface area contributed by atoms with Crippen molar-refractivity contribution in [3.63, 3.8) is 0 Å². The minimum absolute atomic E-state index is 0.168. The van der Waals surface area contributed by atoms with Crippen LogP contribution in [0.4, 0.5) is 12.9 Å².